The largest absolute Gasteiger partial charge is 0.496 e. The number of anilines is 1. The van der Waals surface area contributed by atoms with E-state index in [1.54, 1.807) is 31.4 Å². The molecule has 0 aliphatic rings. The molecule has 5 nitrogen and oxygen atoms in total. The van der Waals surface area contributed by atoms with Crippen LogP contribution in [0.15, 0.2) is 65.1 Å². The Hall–Kier alpha value is -3.31. The molecule has 0 aliphatic heterocycles. The molecule has 4 rings (SSSR count). The molecule has 28 heavy (non-hydrogen) atoms. The number of para-hydroxylation sites is 3. The quantitative estimate of drug-likeness (QED) is 0.482. The highest BCUT2D eigenvalue weighted by molar-refractivity contribution is 6.34. The first-order valence-corrected chi connectivity index (χ1v) is 9.05. The number of aromatic nitrogens is 1. The predicted molar refractivity (Wildman–Crippen MR) is 110 cm³/mol. The molecular weight excluding hydrogens is 376 g/mol. The van der Waals surface area contributed by atoms with Crippen LogP contribution in [0.5, 0.6) is 5.75 Å². The van der Waals surface area contributed by atoms with Gasteiger partial charge in [-0.3, -0.25) is 4.79 Å². The van der Waals surface area contributed by atoms with E-state index in [2.05, 4.69) is 10.3 Å². The maximum Gasteiger partial charge on any atom is 0.259 e. The minimum absolute atomic E-state index is 0.308. The number of methoxy groups -OCH3 is 1. The Morgan fingerprint density at radius 1 is 1.11 bits per heavy atom. The SMILES string of the molecule is COc1c(C)cccc1C(=O)Nc1cc(-c2nc3ccccc3o2)ccc1Cl. The molecule has 0 bridgehead atoms. The van der Waals surface area contributed by atoms with E-state index < -0.39 is 0 Å². The van der Waals surface area contributed by atoms with E-state index in [9.17, 15) is 4.79 Å². The first-order valence-electron chi connectivity index (χ1n) is 8.67. The summed E-state index contributed by atoms with van der Waals surface area (Å²) in [6.45, 7) is 1.89. The predicted octanol–water partition coefficient (Wildman–Crippen LogP) is 5.72. The van der Waals surface area contributed by atoms with Crippen LogP contribution in [0.3, 0.4) is 0 Å². The van der Waals surface area contributed by atoms with E-state index in [0.29, 0.717) is 39.1 Å². The lowest BCUT2D eigenvalue weighted by Gasteiger charge is -2.12. The van der Waals surface area contributed by atoms with Crippen molar-refractivity contribution in [1.82, 2.24) is 4.98 Å². The van der Waals surface area contributed by atoms with Crippen LogP contribution in [0.1, 0.15) is 15.9 Å². The molecule has 140 valence electrons. The molecule has 6 heteroatoms. The molecule has 1 N–H and O–H groups in total. The standard InChI is InChI=1S/C22H17ClN2O3/c1-13-6-5-7-15(20(13)27-2)21(26)24-18-12-14(10-11-16(18)23)22-25-17-8-3-4-9-19(17)28-22/h3-12H,1-2H3,(H,24,26). The normalized spacial score (nSPS) is 10.8. The number of fused-ring (bicyclic) bond motifs is 1. The van der Waals surface area contributed by atoms with Crippen LogP contribution >= 0.6 is 11.6 Å². The summed E-state index contributed by atoms with van der Waals surface area (Å²) < 4.78 is 11.2. The highest BCUT2D eigenvalue weighted by atomic mass is 35.5. The smallest absolute Gasteiger partial charge is 0.259 e. The Morgan fingerprint density at radius 2 is 1.93 bits per heavy atom. The zero-order valence-electron chi connectivity index (χ0n) is 15.3. The molecule has 3 aromatic carbocycles. The minimum Gasteiger partial charge on any atom is -0.496 e. The molecule has 0 saturated heterocycles. The van der Waals surface area contributed by atoms with Crippen molar-refractivity contribution in [3.05, 3.63) is 76.8 Å². The van der Waals surface area contributed by atoms with Gasteiger partial charge in [0.05, 0.1) is 23.4 Å². The van der Waals surface area contributed by atoms with Gasteiger partial charge in [-0.15, -0.1) is 0 Å². The van der Waals surface area contributed by atoms with Crippen LogP contribution in [0.2, 0.25) is 5.02 Å². The van der Waals surface area contributed by atoms with Crippen LogP contribution in [0.25, 0.3) is 22.6 Å². The molecule has 0 aliphatic carbocycles. The molecule has 1 heterocycles. The van der Waals surface area contributed by atoms with Gasteiger partial charge < -0.3 is 14.5 Å². The Morgan fingerprint density at radius 3 is 2.71 bits per heavy atom. The highest BCUT2D eigenvalue weighted by Crippen LogP contribution is 2.31. The number of hydrogen-bond acceptors (Lipinski definition) is 4. The zero-order chi connectivity index (χ0) is 19.7. The molecule has 0 spiro atoms. The van der Waals surface area contributed by atoms with E-state index in [1.807, 2.05) is 43.3 Å². The van der Waals surface area contributed by atoms with Gasteiger partial charge in [0.15, 0.2) is 5.58 Å². The second-order valence-electron chi connectivity index (χ2n) is 6.29. The Labute approximate surface area is 166 Å². The Kier molecular flexibility index (Phi) is 4.75. The number of hydrogen-bond donors (Lipinski definition) is 1. The monoisotopic (exact) mass is 392 g/mol. The number of carbonyl (C=O) groups is 1. The number of halogens is 1. The number of ether oxygens (including phenoxy) is 1. The van der Waals surface area contributed by atoms with Crippen molar-refractivity contribution >= 4 is 34.3 Å². The maximum absolute atomic E-state index is 12.8. The first-order chi connectivity index (χ1) is 13.6. The second-order valence-corrected chi connectivity index (χ2v) is 6.70. The number of benzene rings is 3. The van der Waals surface area contributed by atoms with Gasteiger partial charge in [-0.05, 0) is 48.9 Å². The molecule has 1 aromatic heterocycles. The summed E-state index contributed by atoms with van der Waals surface area (Å²) in [5.41, 5.74) is 3.96. The van der Waals surface area contributed by atoms with Crippen LogP contribution in [0, 0.1) is 6.92 Å². The maximum atomic E-state index is 12.8. The number of nitrogens with one attached hydrogen (secondary N) is 1. The van der Waals surface area contributed by atoms with E-state index in [1.165, 1.54) is 0 Å². The second kappa shape index (κ2) is 7.37. The summed E-state index contributed by atoms with van der Waals surface area (Å²) in [4.78, 5) is 17.3. The van der Waals surface area contributed by atoms with Crippen molar-refractivity contribution in [3.63, 3.8) is 0 Å². The lowest BCUT2D eigenvalue weighted by atomic mass is 10.1. The van der Waals surface area contributed by atoms with Crippen molar-refractivity contribution in [2.24, 2.45) is 0 Å². The molecule has 0 fully saturated rings. The van der Waals surface area contributed by atoms with Crippen LogP contribution < -0.4 is 10.1 Å². The molecule has 0 atom stereocenters. The van der Waals surface area contributed by atoms with Gasteiger partial charge in [0.25, 0.3) is 5.91 Å². The van der Waals surface area contributed by atoms with Crippen molar-refractivity contribution in [3.8, 4) is 17.2 Å². The third kappa shape index (κ3) is 3.32. The van der Waals surface area contributed by atoms with Gasteiger partial charge in [0.1, 0.15) is 11.3 Å². The van der Waals surface area contributed by atoms with Gasteiger partial charge in [-0.1, -0.05) is 35.9 Å². The lowest BCUT2D eigenvalue weighted by molar-refractivity contribution is 0.102. The fraction of sp³-hybridized carbons (Fsp3) is 0.0909. The van der Waals surface area contributed by atoms with Crippen molar-refractivity contribution < 1.29 is 13.9 Å². The first kappa shape index (κ1) is 18.1. The van der Waals surface area contributed by atoms with Gasteiger partial charge in [-0.25, -0.2) is 4.98 Å². The average molecular weight is 393 g/mol. The third-order valence-electron chi connectivity index (χ3n) is 4.42. The van der Waals surface area contributed by atoms with Crippen molar-refractivity contribution in [2.45, 2.75) is 6.92 Å². The van der Waals surface area contributed by atoms with Gasteiger partial charge >= 0.3 is 0 Å². The number of aryl methyl sites for hydroxylation is 1. The number of oxazole rings is 1. The number of nitrogens with zero attached hydrogens (tertiary/aromatic N) is 1. The topological polar surface area (TPSA) is 64.4 Å². The van der Waals surface area contributed by atoms with Crippen molar-refractivity contribution in [1.29, 1.82) is 0 Å². The average Bonchev–Trinajstić information content (AvgIpc) is 3.13. The molecule has 0 saturated carbocycles. The Balaban J connectivity index is 1.68. The lowest BCUT2D eigenvalue weighted by Crippen LogP contribution is -2.14. The van der Waals surface area contributed by atoms with Crippen LogP contribution in [-0.2, 0) is 0 Å². The molecule has 4 aromatic rings. The fourth-order valence-electron chi connectivity index (χ4n) is 3.04. The number of rotatable bonds is 4. The third-order valence-corrected chi connectivity index (χ3v) is 4.75. The van der Waals surface area contributed by atoms with E-state index in [-0.39, 0.29) is 5.91 Å². The van der Waals surface area contributed by atoms with E-state index in [0.717, 1.165) is 11.1 Å². The zero-order valence-corrected chi connectivity index (χ0v) is 16.1. The summed E-state index contributed by atoms with van der Waals surface area (Å²) in [5.74, 6) is 0.685. The molecular formula is C22H17ClN2O3. The fourth-order valence-corrected chi connectivity index (χ4v) is 3.21. The number of amides is 1. The summed E-state index contributed by atoms with van der Waals surface area (Å²) in [5, 5.41) is 3.27. The van der Waals surface area contributed by atoms with Crippen LogP contribution in [0.4, 0.5) is 5.69 Å². The molecule has 1 amide bonds. The number of carbonyl (C=O) groups excluding carboxylic acids is 1. The summed E-state index contributed by atoms with van der Waals surface area (Å²) >= 11 is 6.30. The highest BCUT2D eigenvalue weighted by Gasteiger charge is 2.16. The summed E-state index contributed by atoms with van der Waals surface area (Å²) in [6, 6.07) is 18.2. The van der Waals surface area contributed by atoms with Crippen LogP contribution in [-0.4, -0.2) is 18.0 Å². The van der Waals surface area contributed by atoms with Gasteiger partial charge in [0, 0.05) is 5.56 Å². The van der Waals surface area contributed by atoms with E-state index in [4.69, 9.17) is 20.8 Å². The molecule has 0 radical (unpaired) electrons. The van der Waals surface area contributed by atoms with Gasteiger partial charge in [-0.2, -0.15) is 0 Å². The summed E-state index contributed by atoms with van der Waals surface area (Å²) in [7, 11) is 1.54. The summed E-state index contributed by atoms with van der Waals surface area (Å²) in [6.07, 6.45) is 0. The van der Waals surface area contributed by atoms with E-state index >= 15 is 0 Å². The molecule has 0 unspecified atom stereocenters. The minimum atomic E-state index is -0.308. The Bertz CT molecular complexity index is 1150. The van der Waals surface area contributed by atoms with Gasteiger partial charge in [0.2, 0.25) is 5.89 Å². The van der Waals surface area contributed by atoms with Crippen molar-refractivity contribution in [2.75, 3.05) is 12.4 Å².